The number of amides is 2. The number of rotatable bonds is 6. The van der Waals surface area contributed by atoms with Gasteiger partial charge in [0, 0.05) is 30.4 Å². The maximum Gasteiger partial charge on any atom is 0.302 e. The van der Waals surface area contributed by atoms with Crippen LogP contribution in [0.5, 0.6) is 0 Å². The largest absolute Gasteiger partial charge is 0.461 e. The van der Waals surface area contributed by atoms with Gasteiger partial charge in [-0.25, -0.2) is 4.98 Å². The van der Waals surface area contributed by atoms with Crippen molar-refractivity contribution >= 4 is 28.7 Å². The summed E-state index contributed by atoms with van der Waals surface area (Å²) in [4.78, 5) is 54.5. The van der Waals surface area contributed by atoms with Gasteiger partial charge in [-0.15, -0.1) is 0 Å². The number of aromatic nitrogens is 2. The fraction of sp³-hybridized carbons (Fsp3) is 0.346. The van der Waals surface area contributed by atoms with Crippen molar-refractivity contribution in [2.45, 2.75) is 59.3 Å². The lowest BCUT2D eigenvalue weighted by molar-refractivity contribution is -0.144. The number of para-hydroxylation sites is 1. The summed E-state index contributed by atoms with van der Waals surface area (Å²) < 4.78 is 6.66. The van der Waals surface area contributed by atoms with Gasteiger partial charge in [0.25, 0.3) is 11.5 Å². The Bertz CT molecular complexity index is 1460. The molecule has 2 amide bonds. The first-order chi connectivity index (χ1) is 17.1. The molecule has 36 heavy (non-hydrogen) atoms. The van der Waals surface area contributed by atoms with Crippen LogP contribution in [0.3, 0.4) is 0 Å². The van der Waals surface area contributed by atoms with Gasteiger partial charge in [-0.1, -0.05) is 32.0 Å². The minimum absolute atomic E-state index is 0.00814. The number of nitrogens with one attached hydrogen (secondary N) is 2. The van der Waals surface area contributed by atoms with Crippen LogP contribution >= 0.6 is 0 Å². The van der Waals surface area contributed by atoms with Crippen molar-refractivity contribution in [2.24, 2.45) is 0 Å². The second-order valence-electron chi connectivity index (χ2n) is 8.73. The van der Waals surface area contributed by atoms with Crippen LogP contribution in [0.1, 0.15) is 56.4 Å². The molecule has 1 aliphatic heterocycles. The lowest BCUT2D eigenvalue weighted by Gasteiger charge is -2.28. The minimum Gasteiger partial charge on any atom is -0.461 e. The van der Waals surface area contributed by atoms with Crippen molar-refractivity contribution in [3.05, 3.63) is 62.9 Å². The van der Waals surface area contributed by atoms with E-state index in [-0.39, 0.29) is 24.1 Å². The Morgan fingerprint density at radius 2 is 1.86 bits per heavy atom. The van der Waals surface area contributed by atoms with Crippen LogP contribution in [0.4, 0.5) is 0 Å². The lowest BCUT2D eigenvalue weighted by Crippen LogP contribution is -2.52. The first-order valence-corrected chi connectivity index (χ1v) is 11.7. The van der Waals surface area contributed by atoms with Crippen LogP contribution in [0.25, 0.3) is 22.3 Å². The molecule has 1 aromatic carbocycles. The van der Waals surface area contributed by atoms with Crippen LogP contribution < -0.4 is 16.4 Å². The summed E-state index contributed by atoms with van der Waals surface area (Å²) in [5.41, 5.74) is 5.43. The third-order valence-electron chi connectivity index (χ3n) is 6.53. The van der Waals surface area contributed by atoms with Crippen LogP contribution in [-0.2, 0) is 44.3 Å². The Morgan fingerprint density at radius 1 is 1.14 bits per heavy atom. The highest BCUT2D eigenvalue weighted by Crippen LogP contribution is 2.38. The molecule has 188 valence electrons. The van der Waals surface area contributed by atoms with Gasteiger partial charge in [0.2, 0.25) is 5.91 Å². The number of carbonyl (C=O) groups is 3. The zero-order valence-corrected chi connectivity index (χ0v) is 20.6. The van der Waals surface area contributed by atoms with E-state index in [0.717, 1.165) is 28.5 Å². The molecule has 2 aromatic heterocycles. The molecule has 0 bridgehead atoms. The Labute approximate surface area is 207 Å². The number of aryl methyl sites for hydroxylation is 1. The molecule has 4 rings (SSSR count). The van der Waals surface area contributed by atoms with Crippen LogP contribution in [0.15, 0.2) is 35.1 Å². The van der Waals surface area contributed by atoms with Crippen LogP contribution in [-0.4, -0.2) is 32.4 Å². The fourth-order valence-corrected chi connectivity index (χ4v) is 4.71. The molecule has 3 heterocycles. The summed E-state index contributed by atoms with van der Waals surface area (Å²) in [6.45, 7) is 5.86. The molecule has 0 saturated carbocycles. The first-order valence-electron chi connectivity index (χ1n) is 11.7. The van der Waals surface area contributed by atoms with Crippen molar-refractivity contribution in [1.82, 2.24) is 20.4 Å². The Kier molecular flexibility index (Phi) is 6.64. The number of ether oxygens (including phenoxy) is 1. The minimum atomic E-state index is -2.19. The van der Waals surface area contributed by atoms with Crippen LogP contribution in [0, 0.1) is 0 Å². The average Bonchev–Trinajstić information content (AvgIpc) is 3.22. The predicted octanol–water partition coefficient (Wildman–Crippen LogP) is 1.82. The van der Waals surface area contributed by atoms with E-state index in [9.17, 15) is 24.3 Å². The van der Waals surface area contributed by atoms with Gasteiger partial charge in [0.1, 0.15) is 6.61 Å². The molecule has 10 nitrogen and oxygen atoms in total. The number of hydrazine groups is 1. The SMILES string of the molecule is CCc1c2c(nc3ccccc13)-c1cc([C@@](O)(CC)C(=O)NNC(C)=O)c(COC(C)=O)c(=O)n1C2. The van der Waals surface area contributed by atoms with E-state index in [1.165, 1.54) is 18.4 Å². The van der Waals surface area contributed by atoms with Gasteiger partial charge in [0.15, 0.2) is 5.60 Å². The fourth-order valence-electron chi connectivity index (χ4n) is 4.71. The van der Waals surface area contributed by atoms with Crippen molar-refractivity contribution < 1.29 is 24.2 Å². The zero-order chi connectivity index (χ0) is 26.2. The second kappa shape index (κ2) is 9.54. The lowest BCUT2D eigenvalue weighted by atomic mass is 9.86. The van der Waals surface area contributed by atoms with Crippen LogP contribution in [0.2, 0.25) is 0 Å². The summed E-state index contributed by atoms with van der Waals surface area (Å²) in [5, 5.41) is 12.5. The summed E-state index contributed by atoms with van der Waals surface area (Å²) in [6.07, 6.45) is 0.603. The molecule has 0 radical (unpaired) electrons. The van der Waals surface area contributed by atoms with Crippen molar-refractivity contribution in [3.8, 4) is 11.4 Å². The summed E-state index contributed by atoms with van der Waals surface area (Å²) in [6, 6.07) is 9.28. The molecule has 3 aromatic rings. The van der Waals surface area contributed by atoms with E-state index in [0.29, 0.717) is 11.4 Å². The molecular formula is C26H28N4O6. The van der Waals surface area contributed by atoms with Gasteiger partial charge in [-0.2, -0.15) is 0 Å². The number of hydrogen-bond acceptors (Lipinski definition) is 7. The van der Waals surface area contributed by atoms with E-state index < -0.39 is 35.6 Å². The molecule has 10 heteroatoms. The van der Waals surface area contributed by atoms with E-state index in [4.69, 9.17) is 9.72 Å². The smallest absolute Gasteiger partial charge is 0.302 e. The highest BCUT2D eigenvalue weighted by Gasteiger charge is 2.41. The summed E-state index contributed by atoms with van der Waals surface area (Å²) >= 11 is 0. The maximum atomic E-state index is 13.7. The third-order valence-corrected chi connectivity index (χ3v) is 6.53. The Balaban J connectivity index is 1.97. The van der Waals surface area contributed by atoms with Crippen molar-refractivity contribution in [1.29, 1.82) is 0 Å². The number of fused-ring (bicyclic) bond motifs is 4. The van der Waals surface area contributed by atoms with Gasteiger partial charge < -0.3 is 14.4 Å². The molecule has 1 aliphatic rings. The Hall–Kier alpha value is -4.05. The van der Waals surface area contributed by atoms with Gasteiger partial charge in [0.05, 0.1) is 29.0 Å². The predicted molar refractivity (Wildman–Crippen MR) is 132 cm³/mol. The van der Waals surface area contributed by atoms with Gasteiger partial charge in [-0.05, 0) is 30.5 Å². The zero-order valence-electron chi connectivity index (χ0n) is 20.6. The molecule has 0 saturated heterocycles. The normalized spacial score (nSPS) is 13.5. The molecule has 0 aliphatic carbocycles. The quantitative estimate of drug-likeness (QED) is 0.276. The number of hydrogen-bond donors (Lipinski definition) is 3. The van der Waals surface area contributed by atoms with Crippen molar-refractivity contribution in [2.75, 3.05) is 0 Å². The number of aliphatic hydroxyl groups is 1. The van der Waals surface area contributed by atoms with E-state index in [2.05, 4.69) is 10.9 Å². The molecule has 3 N–H and O–H groups in total. The molecule has 0 unspecified atom stereocenters. The monoisotopic (exact) mass is 492 g/mol. The molecule has 1 atom stereocenters. The maximum absolute atomic E-state index is 13.7. The van der Waals surface area contributed by atoms with Gasteiger partial charge >= 0.3 is 5.97 Å². The third kappa shape index (κ3) is 4.13. The van der Waals surface area contributed by atoms with Crippen molar-refractivity contribution in [3.63, 3.8) is 0 Å². The van der Waals surface area contributed by atoms with E-state index in [1.54, 1.807) is 13.0 Å². The Morgan fingerprint density at radius 3 is 2.50 bits per heavy atom. The van der Waals surface area contributed by atoms with Gasteiger partial charge in [-0.3, -0.25) is 30.0 Å². The molecule has 0 spiro atoms. The molecule has 0 fully saturated rings. The molecular weight excluding hydrogens is 464 g/mol. The number of benzene rings is 1. The average molecular weight is 493 g/mol. The highest BCUT2D eigenvalue weighted by atomic mass is 16.5. The second-order valence-corrected chi connectivity index (χ2v) is 8.73. The number of carbonyl (C=O) groups excluding carboxylic acids is 3. The topological polar surface area (TPSA) is 140 Å². The summed E-state index contributed by atoms with van der Waals surface area (Å²) in [7, 11) is 0. The first kappa shape index (κ1) is 25.1. The van der Waals surface area contributed by atoms with E-state index >= 15 is 0 Å². The standard InChI is InChI=1S/C26H28N4O6/c1-5-16-17-9-7-8-10-21(17)27-23-18(16)12-30-22(23)11-20(19(24(30)33)13-36-15(4)32)26(35,6-2)25(34)29-28-14(3)31/h7-11,35H,5-6,12-13H2,1-4H3,(H,28,31)(H,29,34)/t26-/m0/s1. The number of nitrogens with zero attached hydrogens (tertiary/aromatic N) is 2. The number of pyridine rings is 2. The van der Waals surface area contributed by atoms with E-state index in [1.807, 2.05) is 31.2 Å². The highest BCUT2D eigenvalue weighted by molar-refractivity contribution is 5.90. The summed E-state index contributed by atoms with van der Waals surface area (Å²) in [5.74, 6) is -2.07. The number of esters is 1.